The van der Waals surface area contributed by atoms with Gasteiger partial charge in [0.05, 0.1) is 11.9 Å². The van der Waals surface area contributed by atoms with Crippen molar-refractivity contribution in [1.29, 1.82) is 0 Å². The number of rotatable bonds is 2. The van der Waals surface area contributed by atoms with Gasteiger partial charge < -0.3 is 10.2 Å². The van der Waals surface area contributed by atoms with Gasteiger partial charge in [-0.3, -0.25) is 9.78 Å². The molecular formula is C13H19N3O. The molecule has 2 heterocycles. The van der Waals surface area contributed by atoms with Crippen molar-refractivity contribution in [3.8, 4) is 0 Å². The summed E-state index contributed by atoms with van der Waals surface area (Å²) in [5.74, 6) is 0.187. The molecule has 0 saturated carbocycles. The van der Waals surface area contributed by atoms with Crippen LogP contribution in [0.2, 0.25) is 0 Å². The van der Waals surface area contributed by atoms with Gasteiger partial charge in [-0.15, -0.1) is 0 Å². The van der Waals surface area contributed by atoms with Crippen LogP contribution in [0.5, 0.6) is 0 Å². The third-order valence-electron chi connectivity index (χ3n) is 3.56. The van der Waals surface area contributed by atoms with Crippen LogP contribution in [0.3, 0.4) is 0 Å². The Morgan fingerprint density at radius 1 is 1.47 bits per heavy atom. The molecule has 0 aromatic carbocycles. The van der Waals surface area contributed by atoms with E-state index in [-0.39, 0.29) is 11.3 Å². The van der Waals surface area contributed by atoms with Crippen molar-refractivity contribution in [2.45, 2.75) is 19.8 Å². The second kappa shape index (κ2) is 4.84. The van der Waals surface area contributed by atoms with E-state index in [1.54, 1.807) is 17.3 Å². The molecular weight excluding hydrogens is 214 g/mol. The number of pyridine rings is 1. The van der Waals surface area contributed by atoms with Crippen molar-refractivity contribution in [1.82, 2.24) is 10.3 Å². The molecule has 0 spiro atoms. The zero-order valence-electron chi connectivity index (χ0n) is 10.4. The minimum atomic E-state index is -0.240. The lowest BCUT2D eigenvalue weighted by atomic mass is 9.79. The van der Waals surface area contributed by atoms with E-state index in [0.717, 1.165) is 31.6 Å². The number of hydrogen-bond acceptors (Lipinski definition) is 3. The van der Waals surface area contributed by atoms with E-state index in [2.05, 4.69) is 17.2 Å². The molecule has 1 N–H and O–H groups in total. The van der Waals surface area contributed by atoms with E-state index in [1.807, 2.05) is 19.2 Å². The molecule has 1 fully saturated rings. The lowest BCUT2D eigenvalue weighted by Crippen LogP contribution is -2.46. The topological polar surface area (TPSA) is 45.2 Å². The fraction of sp³-hybridized carbons (Fsp3) is 0.538. The van der Waals surface area contributed by atoms with Crippen molar-refractivity contribution in [3.05, 3.63) is 24.5 Å². The van der Waals surface area contributed by atoms with Crippen LogP contribution in [0.4, 0.5) is 5.69 Å². The van der Waals surface area contributed by atoms with Gasteiger partial charge in [-0.1, -0.05) is 6.92 Å². The van der Waals surface area contributed by atoms with E-state index in [1.165, 1.54) is 0 Å². The average molecular weight is 233 g/mol. The van der Waals surface area contributed by atoms with Gasteiger partial charge in [0.2, 0.25) is 5.91 Å². The first-order valence-electron chi connectivity index (χ1n) is 6.02. The summed E-state index contributed by atoms with van der Waals surface area (Å²) in [7, 11) is 1.83. The Labute approximate surface area is 102 Å². The minimum Gasteiger partial charge on any atom is -0.317 e. The van der Waals surface area contributed by atoms with Crippen LogP contribution < -0.4 is 10.2 Å². The van der Waals surface area contributed by atoms with E-state index < -0.39 is 0 Å². The first kappa shape index (κ1) is 12.0. The fourth-order valence-corrected chi connectivity index (χ4v) is 2.27. The second-order valence-electron chi connectivity index (χ2n) is 4.89. The number of nitrogens with one attached hydrogen (secondary N) is 1. The van der Waals surface area contributed by atoms with Crippen LogP contribution in [0.25, 0.3) is 0 Å². The summed E-state index contributed by atoms with van der Waals surface area (Å²) in [5, 5.41) is 3.29. The Balaban J connectivity index is 2.14. The van der Waals surface area contributed by atoms with E-state index in [0.29, 0.717) is 0 Å². The summed E-state index contributed by atoms with van der Waals surface area (Å²) in [6, 6.07) is 3.76. The number of nitrogens with zero attached hydrogens (tertiary/aromatic N) is 2. The number of anilines is 1. The SMILES string of the molecule is CN(C(=O)C1(C)CCNCC1)c1cccnc1. The van der Waals surface area contributed by atoms with Crippen LogP contribution >= 0.6 is 0 Å². The minimum absolute atomic E-state index is 0.187. The first-order chi connectivity index (χ1) is 8.13. The fourth-order valence-electron chi connectivity index (χ4n) is 2.27. The van der Waals surface area contributed by atoms with E-state index >= 15 is 0 Å². The van der Waals surface area contributed by atoms with Crippen LogP contribution in [0, 0.1) is 5.41 Å². The molecule has 1 saturated heterocycles. The van der Waals surface area contributed by atoms with Gasteiger partial charge in [-0.2, -0.15) is 0 Å². The molecule has 92 valence electrons. The van der Waals surface area contributed by atoms with Gasteiger partial charge in [-0.05, 0) is 38.1 Å². The molecule has 1 amide bonds. The summed E-state index contributed by atoms with van der Waals surface area (Å²) in [6.07, 6.45) is 5.24. The van der Waals surface area contributed by atoms with Gasteiger partial charge in [0.15, 0.2) is 0 Å². The zero-order valence-corrected chi connectivity index (χ0v) is 10.4. The molecule has 0 radical (unpaired) electrons. The molecule has 0 unspecified atom stereocenters. The zero-order chi connectivity index (χ0) is 12.3. The lowest BCUT2D eigenvalue weighted by molar-refractivity contribution is -0.128. The molecule has 1 aromatic heterocycles. The second-order valence-corrected chi connectivity index (χ2v) is 4.89. The number of carbonyl (C=O) groups excluding carboxylic acids is 1. The number of amides is 1. The number of carbonyl (C=O) groups is 1. The number of piperidine rings is 1. The maximum absolute atomic E-state index is 12.5. The molecule has 4 nitrogen and oxygen atoms in total. The number of aromatic nitrogens is 1. The molecule has 4 heteroatoms. The molecule has 0 atom stereocenters. The predicted molar refractivity (Wildman–Crippen MR) is 67.9 cm³/mol. The Bertz CT molecular complexity index is 385. The van der Waals surface area contributed by atoms with Crippen LogP contribution in [0.1, 0.15) is 19.8 Å². The smallest absolute Gasteiger partial charge is 0.232 e. The molecule has 17 heavy (non-hydrogen) atoms. The first-order valence-corrected chi connectivity index (χ1v) is 6.02. The monoisotopic (exact) mass is 233 g/mol. The Morgan fingerprint density at radius 3 is 2.76 bits per heavy atom. The van der Waals surface area contributed by atoms with Gasteiger partial charge in [0, 0.05) is 18.7 Å². The highest BCUT2D eigenvalue weighted by molar-refractivity contribution is 5.96. The van der Waals surface area contributed by atoms with Crippen LogP contribution in [-0.4, -0.2) is 31.0 Å². The number of hydrogen-bond donors (Lipinski definition) is 1. The van der Waals surface area contributed by atoms with Crippen molar-refractivity contribution in [2.24, 2.45) is 5.41 Å². The van der Waals surface area contributed by atoms with Gasteiger partial charge >= 0.3 is 0 Å². The largest absolute Gasteiger partial charge is 0.317 e. The quantitative estimate of drug-likeness (QED) is 0.840. The van der Waals surface area contributed by atoms with Crippen molar-refractivity contribution >= 4 is 11.6 Å². The Morgan fingerprint density at radius 2 is 2.18 bits per heavy atom. The molecule has 0 bridgehead atoms. The third kappa shape index (κ3) is 2.47. The van der Waals surface area contributed by atoms with Crippen LogP contribution in [0.15, 0.2) is 24.5 Å². The lowest BCUT2D eigenvalue weighted by Gasteiger charge is -2.35. The van der Waals surface area contributed by atoms with Crippen molar-refractivity contribution in [2.75, 3.05) is 25.0 Å². The highest BCUT2D eigenvalue weighted by atomic mass is 16.2. The van der Waals surface area contributed by atoms with Crippen LogP contribution in [-0.2, 0) is 4.79 Å². The predicted octanol–water partition coefficient (Wildman–Crippen LogP) is 1.43. The third-order valence-corrected chi connectivity index (χ3v) is 3.56. The molecule has 1 aliphatic heterocycles. The summed E-state index contributed by atoms with van der Waals surface area (Å²) < 4.78 is 0. The molecule has 1 aromatic rings. The summed E-state index contributed by atoms with van der Waals surface area (Å²) in [5.41, 5.74) is 0.618. The molecule has 1 aliphatic rings. The highest BCUT2D eigenvalue weighted by Crippen LogP contribution is 2.31. The highest BCUT2D eigenvalue weighted by Gasteiger charge is 2.36. The summed E-state index contributed by atoms with van der Waals surface area (Å²) >= 11 is 0. The Kier molecular flexibility index (Phi) is 3.43. The van der Waals surface area contributed by atoms with E-state index in [9.17, 15) is 4.79 Å². The normalized spacial score (nSPS) is 18.7. The standard InChI is InChI=1S/C13H19N3O/c1-13(5-8-14-9-6-13)12(17)16(2)11-4-3-7-15-10-11/h3-4,7,10,14H,5-6,8-9H2,1-2H3. The van der Waals surface area contributed by atoms with Gasteiger partial charge in [0.1, 0.15) is 0 Å². The average Bonchev–Trinajstić information content (AvgIpc) is 2.39. The Hall–Kier alpha value is -1.42. The molecule has 2 rings (SSSR count). The van der Waals surface area contributed by atoms with Gasteiger partial charge in [0.25, 0.3) is 0 Å². The summed E-state index contributed by atoms with van der Waals surface area (Å²) in [4.78, 5) is 18.3. The van der Waals surface area contributed by atoms with Gasteiger partial charge in [-0.25, -0.2) is 0 Å². The maximum Gasteiger partial charge on any atom is 0.232 e. The van der Waals surface area contributed by atoms with E-state index in [4.69, 9.17) is 0 Å². The van der Waals surface area contributed by atoms with Crippen molar-refractivity contribution < 1.29 is 4.79 Å². The maximum atomic E-state index is 12.5. The molecule has 0 aliphatic carbocycles. The van der Waals surface area contributed by atoms with Crippen molar-refractivity contribution in [3.63, 3.8) is 0 Å². The summed E-state index contributed by atoms with van der Waals surface area (Å²) in [6.45, 7) is 3.90.